The van der Waals surface area contributed by atoms with Crippen molar-refractivity contribution in [2.75, 3.05) is 0 Å². The number of carbonyl (C=O) groups is 1. The minimum Gasteiger partial charge on any atom is -0.403 e. The summed E-state index contributed by atoms with van der Waals surface area (Å²) in [7, 11) is 9.21. The Hall–Kier alpha value is -1.36. The maximum Gasteiger partial charge on any atom is 0.335 e. The Labute approximate surface area is 100 Å². The molecule has 0 heterocycles. The number of nitrogens with one attached hydrogen (secondary N) is 1. The van der Waals surface area contributed by atoms with E-state index in [9.17, 15) is 13.6 Å². The largest absolute Gasteiger partial charge is 0.403 e. The lowest BCUT2D eigenvalue weighted by atomic mass is 9.61. The van der Waals surface area contributed by atoms with Gasteiger partial charge in [-0.2, -0.15) is 8.78 Å². The third-order valence-corrected chi connectivity index (χ3v) is 2.08. The number of halogens is 2. The van der Waals surface area contributed by atoms with Crippen molar-refractivity contribution in [1.82, 2.24) is 5.32 Å². The summed E-state index contributed by atoms with van der Waals surface area (Å²) in [5, 5.41) is 7.31. The predicted molar refractivity (Wildman–Crippen MR) is 59.7 cm³/mol. The zero-order valence-corrected chi connectivity index (χ0v) is 8.86. The molecule has 1 aromatic rings. The molecule has 0 fully saturated rings. The van der Waals surface area contributed by atoms with Crippen LogP contribution in [0, 0.1) is 0 Å². The molecular weight excluding hydrogens is 226 g/mol. The molecule has 1 aromatic carbocycles. The van der Waals surface area contributed by atoms with Crippen molar-refractivity contribution in [2.24, 2.45) is 0 Å². The van der Waals surface area contributed by atoms with Crippen molar-refractivity contribution < 1.29 is 18.7 Å². The fraction of sp³-hybridized carbons (Fsp3) is 0.300. The van der Waals surface area contributed by atoms with E-state index in [-0.39, 0.29) is 6.54 Å². The SMILES string of the molecule is [B]C([B])(O)C(F)(F)C(=O)NCc1ccccc1. The molecule has 0 aromatic heterocycles. The highest BCUT2D eigenvalue weighted by molar-refractivity contribution is 6.41. The third kappa shape index (κ3) is 3.30. The van der Waals surface area contributed by atoms with Crippen molar-refractivity contribution in [3.63, 3.8) is 0 Å². The number of benzene rings is 1. The lowest BCUT2D eigenvalue weighted by Crippen LogP contribution is -2.58. The Morgan fingerprint density at radius 1 is 1.29 bits per heavy atom. The molecule has 0 bridgehead atoms. The molecule has 0 aliphatic carbocycles. The fourth-order valence-corrected chi connectivity index (χ4v) is 1.07. The van der Waals surface area contributed by atoms with E-state index in [4.69, 9.17) is 5.11 Å². The second-order valence-electron chi connectivity index (χ2n) is 3.57. The monoisotopic (exact) mass is 235 g/mol. The summed E-state index contributed by atoms with van der Waals surface area (Å²) in [6.45, 7) is -0.106. The van der Waals surface area contributed by atoms with Crippen molar-refractivity contribution in [3.8, 4) is 0 Å². The number of alkyl halides is 2. The Balaban J connectivity index is 2.62. The van der Waals surface area contributed by atoms with Gasteiger partial charge in [0.2, 0.25) is 0 Å². The van der Waals surface area contributed by atoms with Gasteiger partial charge in [0, 0.05) is 6.54 Å². The van der Waals surface area contributed by atoms with E-state index in [1.54, 1.807) is 30.3 Å². The number of aliphatic hydroxyl groups is 1. The van der Waals surface area contributed by atoms with Gasteiger partial charge < -0.3 is 10.4 Å². The van der Waals surface area contributed by atoms with E-state index in [1.807, 2.05) is 5.32 Å². The van der Waals surface area contributed by atoms with Crippen molar-refractivity contribution in [2.45, 2.75) is 17.9 Å². The van der Waals surface area contributed by atoms with Crippen LogP contribution in [0.2, 0.25) is 0 Å². The molecule has 0 aliphatic heterocycles. The van der Waals surface area contributed by atoms with Gasteiger partial charge in [-0.25, -0.2) is 0 Å². The molecule has 7 heteroatoms. The zero-order chi connectivity index (χ0) is 13.1. The minimum atomic E-state index is -4.26. The van der Waals surface area contributed by atoms with Gasteiger partial charge in [-0.1, -0.05) is 30.3 Å². The van der Waals surface area contributed by atoms with E-state index in [0.29, 0.717) is 5.56 Å². The number of carbonyl (C=O) groups excluding carboxylic acids is 1. The first-order chi connectivity index (χ1) is 7.75. The van der Waals surface area contributed by atoms with Crippen LogP contribution in [-0.2, 0) is 11.3 Å². The predicted octanol–water partition coefficient (Wildman–Crippen LogP) is -0.0788. The maximum atomic E-state index is 13.1. The Kier molecular flexibility index (Phi) is 3.93. The lowest BCUT2D eigenvalue weighted by molar-refractivity contribution is -0.159. The van der Waals surface area contributed by atoms with Gasteiger partial charge in [-0.3, -0.25) is 4.79 Å². The van der Waals surface area contributed by atoms with Crippen LogP contribution in [0.25, 0.3) is 0 Å². The van der Waals surface area contributed by atoms with Crippen LogP contribution < -0.4 is 5.32 Å². The van der Waals surface area contributed by atoms with Crippen LogP contribution in [0.5, 0.6) is 0 Å². The summed E-state index contributed by atoms with van der Waals surface area (Å²) in [6.07, 6.45) is 0. The summed E-state index contributed by atoms with van der Waals surface area (Å²) in [6, 6.07) is 8.44. The summed E-state index contributed by atoms with van der Waals surface area (Å²) in [4.78, 5) is 11.1. The van der Waals surface area contributed by atoms with Crippen LogP contribution in [0.3, 0.4) is 0 Å². The van der Waals surface area contributed by atoms with Crippen molar-refractivity contribution >= 4 is 21.6 Å². The molecule has 0 aliphatic rings. The zero-order valence-electron chi connectivity index (χ0n) is 8.86. The van der Waals surface area contributed by atoms with Crippen LogP contribution in [0.15, 0.2) is 30.3 Å². The van der Waals surface area contributed by atoms with Gasteiger partial charge in [0.1, 0.15) is 15.7 Å². The fourth-order valence-electron chi connectivity index (χ4n) is 1.07. The number of amides is 1. The second kappa shape index (κ2) is 4.87. The Morgan fingerprint density at radius 3 is 2.29 bits per heavy atom. The highest BCUT2D eigenvalue weighted by atomic mass is 19.3. The molecule has 2 N–H and O–H groups in total. The van der Waals surface area contributed by atoms with Gasteiger partial charge >= 0.3 is 5.92 Å². The molecule has 0 saturated carbocycles. The van der Waals surface area contributed by atoms with E-state index in [0.717, 1.165) is 0 Å². The molecule has 0 saturated heterocycles. The summed E-state index contributed by atoms with van der Waals surface area (Å²) < 4.78 is 26.2. The first-order valence-corrected chi connectivity index (χ1v) is 4.75. The van der Waals surface area contributed by atoms with Crippen LogP contribution in [0.4, 0.5) is 8.78 Å². The average Bonchev–Trinajstić information content (AvgIpc) is 2.25. The molecule has 0 spiro atoms. The van der Waals surface area contributed by atoms with E-state index in [1.165, 1.54) is 0 Å². The molecule has 3 nitrogen and oxygen atoms in total. The van der Waals surface area contributed by atoms with Gasteiger partial charge in [-0.05, 0) is 5.56 Å². The van der Waals surface area contributed by atoms with Crippen molar-refractivity contribution in [1.29, 1.82) is 0 Å². The Bertz CT molecular complexity index is 393. The van der Waals surface area contributed by atoms with E-state index < -0.39 is 17.2 Å². The summed E-state index contributed by atoms with van der Waals surface area (Å²) in [5.41, 5.74) is 0.634. The first-order valence-electron chi connectivity index (χ1n) is 4.75. The molecule has 1 amide bonds. The number of hydrogen-bond donors (Lipinski definition) is 2. The molecule has 17 heavy (non-hydrogen) atoms. The quantitative estimate of drug-likeness (QED) is 0.717. The maximum absolute atomic E-state index is 13.1. The molecule has 4 radical (unpaired) electrons. The normalized spacial score (nSPS) is 12.2. The van der Waals surface area contributed by atoms with Crippen LogP contribution in [0.1, 0.15) is 5.56 Å². The third-order valence-electron chi connectivity index (χ3n) is 2.08. The standard InChI is InChI=1S/C10H9B2F2NO2/c11-10(12,17)9(13,14)8(16)15-6-7-4-2-1-3-5-7/h1-5,17H,6H2,(H,15,16). The summed E-state index contributed by atoms with van der Waals surface area (Å²) in [5.74, 6) is -5.99. The molecule has 0 atom stereocenters. The highest BCUT2D eigenvalue weighted by Crippen LogP contribution is 2.23. The van der Waals surface area contributed by atoms with E-state index in [2.05, 4.69) is 15.7 Å². The second-order valence-corrected chi connectivity index (χ2v) is 3.57. The van der Waals surface area contributed by atoms with Crippen molar-refractivity contribution in [3.05, 3.63) is 35.9 Å². The van der Waals surface area contributed by atoms with Gasteiger partial charge in [0.05, 0.1) is 5.40 Å². The van der Waals surface area contributed by atoms with Gasteiger partial charge in [-0.15, -0.1) is 0 Å². The Morgan fingerprint density at radius 2 is 1.82 bits per heavy atom. The average molecular weight is 235 g/mol. The minimum absolute atomic E-state index is 0.106. The lowest BCUT2D eigenvalue weighted by Gasteiger charge is -2.28. The highest BCUT2D eigenvalue weighted by Gasteiger charge is 2.50. The smallest absolute Gasteiger partial charge is 0.335 e. The number of rotatable bonds is 4. The topological polar surface area (TPSA) is 49.3 Å². The van der Waals surface area contributed by atoms with Gasteiger partial charge in [0.15, 0.2) is 0 Å². The van der Waals surface area contributed by atoms with Gasteiger partial charge in [0.25, 0.3) is 5.91 Å². The summed E-state index contributed by atoms with van der Waals surface area (Å²) >= 11 is 0. The molecule has 86 valence electrons. The first kappa shape index (κ1) is 13.7. The van der Waals surface area contributed by atoms with Crippen LogP contribution >= 0.6 is 0 Å². The molecule has 0 unspecified atom stereocenters. The molecule has 1 rings (SSSR count). The molecular formula is C10H9B2F2NO2. The number of hydrogen-bond acceptors (Lipinski definition) is 2. The van der Waals surface area contributed by atoms with Crippen LogP contribution in [-0.4, -0.2) is 38.0 Å². The van der Waals surface area contributed by atoms with E-state index >= 15 is 0 Å².